The predicted molar refractivity (Wildman–Crippen MR) is 199 cm³/mol. The molecule has 252 valence electrons. The van der Waals surface area contributed by atoms with Crippen molar-refractivity contribution in [3.63, 3.8) is 0 Å². The molecule has 2 aromatic carbocycles. The Hall–Kier alpha value is -1.44. The Bertz CT molecular complexity index is 1360. The number of thioether (sulfide) groups is 1. The molecule has 1 heterocycles. The van der Waals surface area contributed by atoms with Crippen LogP contribution in [0.2, 0.25) is 26.2 Å². The van der Waals surface area contributed by atoms with E-state index in [1.807, 2.05) is 31.9 Å². The molecule has 10 heteroatoms. The van der Waals surface area contributed by atoms with E-state index in [0.717, 1.165) is 21.9 Å². The van der Waals surface area contributed by atoms with Crippen molar-refractivity contribution in [3.8, 4) is 0 Å². The maximum absolute atomic E-state index is 14.3. The van der Waals surface area contributed by atoms with Gasteiger partial charge in [0.15, 0.2) is 29.9 Å². The molecule has 2 aromatic rings. The highest BCUT2D eigenvalue weighted by molar-refractivity contribution is 8.22. The van der Waals surface area contributed by atoms with E-state index in [0.29, 0.717) is 24.0 Å². The fourth-order valence-electron chi connectivity index (χ4n) is 6.14. The summed E-state index contributed by atoms with van der Waals surface area (Å²) in [7, 11) is -3.17. The third kappa shape index (κ3) is 9.13. The van der Waals surface area contributed by atoms with Gasteiger partial charge in [-0.25, -0.2) is 4.79 Å². The van der Waals surface area contributed by atoms with Crippen molar-refractivity contribution in [1.82, 2.24) is 4.90 Å². The van der Waals surface area contributed by atoms with E-state index in [9.17, 15) is 4.79 Å². The molecule has 1 aliphatic rings. The van der Waals surface area contributed by atoms with Crippen molar-refractivity contribution in [2.24, 2.45) is 11.3 Å². The first-order valence-electron chi connectivity index (χ1n) is 16.2. The summed E-state index contributed by atoms with van der Waals surface area (Å²) in [6, 6.07) is 10.8. The van der Waals surface area contributed by atoms with Crippen molar-refractivity contribution in [1.29, 1.82) is 0 Å². The zero-order chi connectivity index (χ0) is 34.1. The van der Waals surface area contributed by atoms with E-state index in [1.165, 1.54) is 17.3 Å². The Morgan fingerprint density at radius 3 is 2.11 bits per heavy atom. The van der Waals surface area contributed by atoms with E-state index < -0.39 is 41.6 Å². The molecule has 6 nitrogen and oxygen atoms in total. The molecule has 0 N–H and O–H groups in total. The van der Waals surface area contributed by atoms with Gasteiger partial charge in [-0.3, -0.25) is 4.90 Å². The van der Waals surface area contributed by atoms with Crippen LogP contribution >= 0.6 is 24.0 Å². The molecular formula is C35H57NO5S2Si2. The van der Waals surface area contributed by atoms with Gasteiger partial charge in [-0.2, -0.15) is 0 Å². The molecule has 1 amide bonds. The molecule has 1 fully saturated rings. The summed E-state index contributed by atoms with van der Waals surface area (Å²) in [6.45, 7) is 28.8. The highest BCUT2D eigenvalue weighted by Crippen LogP contribution is 2.53. The van der Waals surface area contributed by atoms with Gasteiger partial charge < -0.3 is 18.3 Å². The van der Waals surface area contributed by atoms with E-state index in [2.05, 4.69) is 98.1 Å². The number of nitrogens with zero attached hydrogens (tertiary/aromatic N) is 1. The number of thiocarbonyl (C=S) groups is 1. The maximum atomic E-state index is 14.3. The summed E-state index contributed by atoms with van der Waals surface area (Å²) in [5.74, 6) is 0.134. The zero-order valence-electron chi connectivity index (χ0n) is 30.1. The van der Waals surface area contributed by atoms with E-state index in [-0.39, 0.29) is 16.7 Å². The van der Waals surface area contributed by atoms with Gasteiger partial charge in [0.25, 0.3) is 0 Å². The Morgan fingerprint density at radius 1 is 1.02 bits per heavy atom. The highest BCUT2D eigenvalue weighted by Gasteiger charge is 2.59. The van der Waals surface area contributed by atoms with Crippen LogP contribution in [0.25, 0.3) is 10.8 Å². The smallest absolute Gasteiger partial charge is 0.412 e. The summed E-state index contributed by atoms with van der Waals surface area (Å²) >= 11 is 7.21. The minimum atomic E-state index is -1.79. The van der Waals surface area contributed by atoms with Crippen LogP contribution in [-0.4, -0.2) is 57.6 Å². The summed E-state index contributed by atoms with van der Waals surface area (Å²) in [4.78, 5) is 16.1. The number of ether oxygens (including phenoxy) is 2. The van der Waals surface area contributed by atoms with Crippen molar-refractivity contribution in [2.75, 3.05) is 12.8 Å². The summed E-state index contributed by atoms with van der Waals surface area (Å²) in [6.07, 6.45) is 1.42. The normalized spacial score (nSPS) is 20.3. The minimum absolute atomic E-state index is 0.0954. The quantitative estimate of drug-likeness (QED) is 0.202. The fourth-order valence-corrected chi connectivity index (χ4v) is 8.11. The first-order chi connectivity index (χ1) is 20.6. The van der Waals surface area contributed by atoms with E-state index in [1.54, 1.807) is 0 Å². The number of carbonyl (C=O) groups is 1. The Morgan fingerprint density at radius 2 is 1.62 bits per heavy atom. The SMILES string of the molecule is CSC(=S)OC(c1c(CO[SiH](C)C)cc(C(C)(C)C)c2ccccc12)[C@@]1(O[SiH](C)C)C[C@H](C(C)(C)C)CN1C(=O)OC(C)(C)C. The number of hydrogen-bond donors (Lipinski definition) is 0. The van der Waals surface area contributed by atoms with Crippen LogP contribution < -0.4 is 0 Å². The van der Waals surface area contributed by atoms with Gasteiger partial charge in [0.05, 0.1) is 6.61 Å². The van der Waals surface area contributed by atoms with Crippen LogP contribution in [0.4, 0.5) is 4.79 Å². The molecule has 0 spiro atoms. The average Bonchev–Trinajstić information content (AvgIpc) is 3.28. The predicted octanol–water partition coefficient (Wildman–Crippen LogP) is 9.34. The standard InChI is InChI=1S/C35H57NO5S2Si2/c1-32(2,3)24-20-35(41-45(13)14,36(21-24)30(37)40-34(7,8)9)29(39-31(42)43-10)28-23(22-38-44(11)12)19-27(33(4,5)6)25-17-15-16-18-26(25)28/h15-19,24,29,44-45H,20-22H2,1-14H3/t24-,29?,35-/m0/s1. The van der Waals surface area contributed by atoms with Gasteiger partial charge in [0.2, 0.25) is 4.38 Å². The Labute approximate surface area is 285 Å². The molecule has 1 aliphatic heterocycles. The number of hydrogen-bond acceptors (Lipinski definition) is 7. The van der Waals surface area contributed by atoms with Gasteiger partial charge in [0.1, 0.15) is 5.60 Å². The van der Waals surface area contributed by atoms with Crippen molar-refractivity contribution >= 4 is 63.3 Å². The lowest BCUT2D eigenvalue weighted by Crippen LogP contribution is -2.57. The molecule has 1 unspecified atom stereocenters. The minimum Gasteiger partial charge on any atom is -0.465 e. The summed E-state index contributed by atoms with van der Waals surface area (Å²) in [5, 5.41) is 2.22. The van der Waals surface area contributed by atoms with Crippen LogP contribution in [0, 0.1) is 11.3 Å². The number of rotatable bonds is 8. The molecule has 3 rings (SSSR count). The molecule has 1 saturated heterocycles. The molecular weight excluding hydrogens is 635 g/mol. The number of fused-ring (bicyclic) bond motifs is 1. The van der Waals surface area contributed by atoms with Crippen molar-refractivity contribution in [2.45, 2.75) is 124 Å². The number of carbonyl (C=O) groups excluding carboxylic acids is 1. The first kappa shape index (κ1) is 38.0. The first-order valence-corrected chi connectivity index (χ1v) is 23.4. The molecule has 0 radical (unpaired) electrons. The second kappa shape index (κ2) is 14.4. The zero-order valence-corrected chi connectivity index (χ0v) is 34.1. The lowest BCUT2D eigenvalue weighted by atomic mass is 9.76. The largest absolute Gasteiger partial charge is 0.465 e. The monoisotopic (exact) mass is 691 g/mol. The summed E-state index contributed by atoms with van der Waals surface area (Å²) in [5.41, 5.74) is 1.24. The van der Waals surface area contributed by atoms with Crippen LogP contribution in [0.3, 0.4) is 0 Å². The number of benzene rings is 2. The van der Waals surface area contributed by atoms with Gasteiger partial charge >= 0.3 is 6.09 Å². The van der Waals surface area contributed by atoms with Crippen LogP contribution in [0.1, 0.15) is 91.5 Å². The lowest BCUT2D eigenvalue weighted by molar-refractivity contribution is -0.133. The highest BCUT2D eigenvalue weighted by atomic mass is 32.2. The van der Waals surface area contributed by atoms with Crippen LogP contribution in [0.15, 0.2) is 30.3 Å². The molecule has 0 aliphatic carbocycles. The third-order valence-corrected chi connectivity index (χ3v) is 11.0. The molecule has 0 aromatic heterocycles. The van der Waals surface area contributed by atoms with Gasteiger partial charge in [0, 0.05) is 18.5 Å². The lowest BCUT2D eigenvalue weighted by Gasteiger charge is -2.46. The van der Waals surface area contributed by atoms with Crippen molar-refractivity contribution in [3.05, 3.63) is 47.0 Å². The molecule has 0 saturated carbocycles. The molecule has 3 atom stereocenters. The van der Waals surface area contributed by atoms with Gasteiger partial charge in [-0.05, 0) is 104 Å². The van der Waals surface area contributed by atoms with Crippen molar-refractivity contribution < 1.29 is 23.1 Å². The number of amides is 1. The topological polar surface area (TPSA) is 57.2 Å². The van der Waals surface area contributed by atoms with Gasteiger partial charge in [-0.1, -0.05) is 83.6 Å². The second-order valence-electron chi connectivity index (χ2n) is 16.0. The Balaban J connectivity index is 2.51. The van der Waals surface area contributed by atoms with E-state index >= 15 is 0 Å². The summed E-state index contributed by atoms with van der Waals surface area (Å²) < 4.78 is 27.1. The van der Waals surface area contributed by atoms with Crippen LogP contribution in [0.5, 0.6) is 0 Å². The van der Waals surface area contributed by atoms with Gasteiger partial charge in [-0.15, -0.1) is 0 Å². The molecule has 0 bridgehead atoms. The third-order valence-electron chi connectivity index (χ3n) is 8.28. The van der Waals surface area contributed by atoms with Crippen LogP contribution in [-0.2, 0) is 30.3 Å². The average molecular weight is 692 g/mol. The molecule has 45 heavy (non-hydrogen) atoms. The number of likely N-dealkylation sites (tertiary alicyclic amines) is 1. The fraction of sp³-hybridized carbons (Fsp3) is 0.657. The Kier molecular flexibility index (Phi) is 12.1. The van der Waals surface area contributed by atoms with E-state index in [4.69, 9.17) is 30.5 Å². The second-order valence-corrected chi connectivity index (χ2v) is 22.1. The maximum Gasteiger partial charge on any atom is 0.412 e.